The lowest BCUT2D eigenvalue weighted by Gasteiger charge is -2.21. The lowest BCUT2D eigenvalue weighted by Crippen LogP contribution is -2.36. The van der Waals surface area contributed by atoms with Crippen molar-refractivity contribution in [2.75, 3.05) is 18.4 Å². The SMILES string of the molecule is Cc1ccc2c(c1)C(=O)N1CCCC1CN2. The quantitative estimate of drug-likeness (QED) is 0.719. The molecule has 2 aliphatic rings. The highest BCUT2D eigenvalue weighted by Gasteiger charge is 2.32. The van der Waals surface area contributed by atoms with Crippen molar-refractivity contribution in [2.45, 2.75) is 25.8 Å². The number of nitrogens with one attached hydrogen (secondary N) is 1. The van der Waals surface area contributed by atoms with Gasteiger partial charge in [-0.1, -0.05) is 11.6 Å². The standard InChI is InChI=1S/C13H16N2O/c1-9-4-5-12-11(7-9)13(16)15-6-2-3-10(15)8-14-12/h4-5,7,10,14H,2-3,6,8H2,1H3. The van der Waals surface area contributed by atoms with E-state index < -0.39 is 0 Å². The third kappa shape index (κ3) is 1.39. The van der Waals surface area contributed by atoms with Crippen molar-refractivity contribution in [3.8, 4) is 0 Å². The molecular formula is C13H16N2O. The molecule has 1 N–H and O–H groups in total. The minimum Gasteiger partial charge on any atom is -0.382 e. The largest absolute Gasteiger partial charge is 0.382 e. The van der Waals surface area contributed by atoms with Crippen LogP contribution in [0.5, 0.6) is 0 Å². The van der Waals surface area contributed by atoms with Crippen molar-refractivity contribution in [1.29, 1.82) is 0 Å². The van der Waals surface area contributed by atoms with Crippen LogP contribution in [0, 0.1) is 6.92 Å². The Morgan fingerprint density at radius 2 is 2.31 bits per heavy atom. The average molecular weight is 216 g/mol. The normalized spacial score (nSPS) is 23.4. The minimum absolute atomic E-state index is 0.200. The van der Waals surface area contributed by atoms with Crippen LogP contribution in [0.25, 0.3) is 0 Å². The molecule has 1 aromatic carbocycles. The number of aryl methyl sites for hydroxylation is 1. The Morgan fingerprint density at radius 3 is 3.19 bits per heavy atom. The van der Waals surface area contributed by atoms with Gasteiger partial charge >= 0.3 is 0 Å². The van der Waals surface area contributed by atoms with Crippen molar-refractivity contribution in [1.82, 2.24) is 4.90 Å². The second-order valence-corrected chi connectivity index (χ2v) is 4.72. The summed E-state index contributed by atoms with van der Waals surface area (Å²) in [5.41, 5.74) is 2.97. The van der Waals surface area contributed by atoms with Crippen LogP contribution < -0.4 is 5.32 Å². The molecule has 0 aliphatic carbocycles. The van der Waals surface area contributed by atoms with Crippen LogP contribution in [-0.4, -0.2) is 29.9 Å². The van der Waals surface area contributed by atoms with Gasteiger partial charge in [0.2, 0.25) is 0 Å². The Morgan fingerprint density at radius 1 is 1.44 bits per heavy atom. The molecule has 3 rings (SSSR count). The molecule has 16 heavy (non-hydrogen) atoms. The maximum atomic E-state index is 12.4. The van der Waals surface area contributed by atoms with Gasteiger partial charge in [0.15, 0.2) is 0 Å². The van der Waals surface area contributed by atoms with Crippen molar-refractivity contribution in [3.05, 3.63) is 29.3 Å². The Balaban J connectivity index is 2.06. The van der Waals surface area contributed by atoms with Gasteiger partial charge in [0, 0.05) is 24.8 Å². The Bertz CT molecular complexity index is 442. The highest BCUT2D eigenvalue weighted by Crippen LogP contribution is 2.28. The summed E-state index contributed by atoms with van der Waals surface area (Å²) < 4.78 is 0. The lowest BCUT2D eigenvalue weighted by molar-refractivity contribution is 0.0750. The van der Waals surface area contributed by atoms with Crippen molar-refractivity contribution < 1.29 is 4.79 Å². The second-order valence-electron chi connectivity index (χ2n) is 4.72. The fraction of sp³-hybridized carbons (Fsp3) is 0.462. The maximum absolute atomic E-state index is 12.4. The number of hydrogen-bond acceptors (Lipinski definition) is 2. The second kappa shape index (κ2) is 3.51. The first-order valence-electron chi connectivity index (χ1n) is 5.91. The summed E-state index contributed by atoms with van der Waals surface area (Å²) in [4.78, 5) is 14.4. The van der Waals surface area contributed by atoms with Gasteiger partial charge in [-0.2, -0.15) is 0 Å². The smallest absolute Gasteiger partial charge is 0.256 e. The van der Waals surface area contributed by atoms with Crippen molar-refractivity contribution in [3.63, 3.8) is 0 Å². The highest BCUT2D eigenvalue weighted by atomic mass is 16.2. The van der Waals surface area contributed by atoms with Gasteiger partial charge in [0.25, 0.3) is 5.91 Å². The molecule has 1 aromatic rings. The average Bonchev–Trinajstić information content (AvgIpc) is 2.70. The maximum Gasteiger partial charge on any atom is 0.256 e. The minimum atomic E-state index is 0.200. The van der Waals surface area contributed by atoms with Crippen LogP contribution in [0.3, 0.4) is 0 Å². The highest BCUT2D eigenvalue weighted by molar-refractivity contribution is 6.00. The zero-order chi connectivity index (χ0) is 11.1. The van der Waals surface area contributed by atoms with E-state index in [1.807, 2.05) is 24.0 Å². The van der Waals surface area contributed by atoms with E-state index in [0.717, 1.165) is 42.7 Å². The zero-order valence-electron chi connectivity index (χ0n) is 9.49. The van der Waals surface area contributed by atoms with E-state index in [0.29, 0.717) is 6.04 Å². The zero-order valence-corrected chi connectivity index (χ0v) is 9.49. The van der Waals surface area contributed by atoms with Gasteiger partial charge in [-0.05, 0) is 31.9 Å². The fourth-order valence-corrected chi connectivity index (χ4v) is 2.69. The summed E-state index contributed by atoms with van der Waals surface area (Å²) in [6, 6.07) is 6.45. The van der Waals surface area contributed by atoms with Crippen LogP contribution in [0.4, 0.5) is 5.69 Å². The number of carbonyl (C=O) groups excluding carboxylic acids is 1. The van der Waals surface area contributed by atoms with E-state index in [1.54, 1.807) is 0 Å². The molecule has 3 nitrogen and oxygen atoms in total. The van der Waals surface area contributed by atoms with Crippen LogP contribution >= 0.6 is 0 Å². The first-order chi connectivity index (χ1) is 7.75. The van der Waals surface area contributed by atoms with Crippen LogP contribution in [0.1, 0.15) is 28.8 Å². The summed E-state index contributed by atoms with van der Waals surface area (Å²) in [6.45, 7) is 3.83. The molecule has 1 unspecified atom stereocenters. The summed E-state index contributed by atoms with van der Waals surface area (Å²) in [5.74, 6) is 0.200. The molecule has 0 aromatic heterocycles. The number of nitrogens with zero attached hydrogens (tertiary/aromatic N) is 1. The molecule has 1 saturated heterocycles. The van der Waals surface area contributed by atoms with Crippen molar-refractivity contribution >= 4 is 11.6 Å². The third-order valence-corrected chi connectivity index (χ3v) is 3.57. The number of fused-ring (bicyclic) bond motifs is 2. The molecule has 2 aliphatic heterocycles. The molecule has 3 heteroatoms. The van der Waals surface area contributed by atoms with Crippen LogP contribution in [0.15, 0.2) is 18.2 Å². The van der Waals surface area contributed by atoms with Gasteiger partial charge in [0.1, 0.15) is 0 Å². The van der Waals surface area contributed by atoms with E-state index >= 15 is 0 Å². The topological polar surface area (TPSA) is 32.3 Å². The molecule has 1 atom stereocenters. The molecule has 0 spiro atoms. The van der Waals surface area contributed by atoms with E-state index in [-0.39, 0.29) is 5.91 Å². The molecule has 1 amide bonds. The molecule has 84 valence electrons. The van der Waals surface area contributed by atoms with Gasteiger partial charge in [-0.25, -0.2) is 0 Å². The molecule has 0 bridgehead atoms. The number of anilines is 1. The third-order valence-electron chi connectivity index (χ3n) is 3.57. The predicted molar refractivity (Wildman–Crippen MR) is 63.7 cm³/mol. The van der Waals surface area contributed by atoms with E-state index in [1.165, 1.54) is 0 Å². The Hall–Kier alpha value is -1.51. The summed E-state index contributed by atoms with van der Waals surface area (Å²) in [6.07, 6.45) is 2.27. The summed E-state index contributed by atoms with van der Waals surface area (Å²) in [5, 5.41) is 3.39. The monoisotopic (exact) mass is 216 g/mol. The van der Waals surface area contributed by atoms with E-state index in [4.69, 9.17) is 0 Å². The molecule has 2 heterocycles. The summed E-state index contributed by atoms with van der Waals surface area (Å²) >= 11 is 0. The van der Waals surface area contributed by atoms with E-state index in [2.05, 4.69) is 11.4 Å². The van der Waals surface area contributed by atoms with Gasteiger partial charge in [-0.3, -0.25) is 4.79 Å². The molecule has 0 saturated carbocycles. The van der Waals surface area contributed by atoms with Crippen LogP contribution in [0.2, 0.25) is 0 Å². The number of amides is 1. The first-order valence-corrected chi connectivity index (χ1v) is 5.91. The fourth-order valence-electron chi connectivity index (χ4n) is 2.69. The Labute approximate surface area is 95.4 Å². The molecule has 0 radical (unpaired) electrons. The van der Waals surface area contributed by atoms with Crippen molar-refractivity contribution in [2.24, 2.45) is 0 Å². The van der Waals surface area contributed by atoms with Gasteiger partial charge in [-0.15, -0.1) is 0 Å². The Kier molecular flexibility index (Phi) is 2.13. The van der Waals surface area contributed by atoms with Gasteiger partial charge in [0.05, 0.1) is 5.56 Å². The number of hydrogen-bond donors (Lipinski definition) is 1. The number of rotatable bonds is 0. The summed E-state index contributed by atoms with van der Waals surface area (Å²) in [7, 11) is 0. The molecule has 1 fully saturated rings. The number of carbonyl (C=O) groups is 1. The lowest BCUT2D eigenvalue weighted by atomic mass is 10.1. The van der Waals surface area contributed by atoms with Gasteiger partial charge < -0.3 is 10.2 Å². The number of benzene rings is 1. The molecular weight excluding hydrogens is 200 g/mol. The first kappa shape index (κ1) is 9.70. The predicted octanol–water partition coefficient (Wildman–Crippen LogP) is 2.03. The van der Waals surface area contributed by atoms with E-state index in [9.17, 15) is 4.79 Å². The van der Waals surface area contributed by atoms with Crippen LogP contribution in [-0.2, 0) is 0 Å².